The molecule has 2 amide bonds. The highest BCUT2D eigenvalue weighted by atomic mass is 16.6. The number of carbonyl (C=O) groups excluding carboxylic acids is 3. The third-order valence-electron chi connectivity index (χ3n) is 6.38. The lowest BCUT2D eigenvalue weighted by Crippen LogP contribution is -2.48. The topological polar surface area (TPSA) is 84.9 Å². The van der Waals surface area contributed by atoms with Gasteiger partial charge in [0, 0.05) is 18.9 Å². The Kier molecular flexibility index (Phi) is 8.36. The average Bonchev–Trinajstić information content (AvgIpc) is 3.25. The van der Waals surface area contributed by atoms with E-state index >= 15 is 0 Å². The van der Waals surface area contributed by atoms with E-state index in [1.54, 1.807) is 0 Å². The predicted octanol–water partition coefficient (Wildman–Crippen LogP) is 4.32. The quantitative estimate of drug-likeness (QED) is 0.332. The highest BCUT2D eigenvalue weighted by molar-refractivity contribution is 5.87. The first-order valence-corrected chi connectivity index (χ1v) is 12.1. The molecule has 7 nitrogen and oxygen atoms in total. The third-order valence-corrected chi connectivity index (χ3v) is 6.38. The molecular formula is C30H30N2O5. The van der Waals surface area contributed by atoms with Gasteiger partial charge in [-0.25, -0.2) is 9.59 Å². The van der Waals surface area contributed by atoms with Gasteiger partial charge in [0.15, 0.2) is 0 Å². The van der Waals surface area contributed by atoms with Crippen LogP contribution in [0.3, 0.4) is 0 Å². The number of benzene rings is 3. The minimum Gasteiger partial charge on any atom is -0.467 e. The zero-order chi connectivity index (χ0) is 26.2. The summed E-state index contributed by atoms with van der Waals surface area (Å²) in [6.45, 7) is 3.66. The Bertz CT molecular complexity index is 1230. The van der Waals surface area contributed by atoms with Gasteiger partial charge in [0.05, 0.1) is 7.11 Å². The van der Waals surface area contributed by atoms with E-state index in [4.69, 9.17) is 9.47 Å². The van der Waals surface area contributed by atoms with Crippen molar-refractivity contribution in [2.24, 2.45) is 0 Å². The number of nitrogens with zero attached hydrogens (tertiary/aromatic N) is 1. The molecule has 190 valence electrons. The number of rotatable bonds is 10. The Morgan fingerprint density at radius 3 is 2.14 bits per heavy atom. The molecule has 37 heavy (non-hydrogen) atoms. The van der Waals surface area contributed by atoms with Crippen LogP contribution in [0, 0.1) is 0 Å². The molecule has 0 bridgehead atoms. The first kappa shape index (κ1) is 25.7. The molecule has 0 unspecified atom stereocenters. The Balaban J connectivity index is 1.40. The van der Waals surface area contributed by atoms with Crippen molar-refractivity contribution in [2.75, 3.05) is 26.8 Å². The molecule has 0 radical (unpaired) electrons. The number of amides is 2. The summed E-state index contributed by atoms with van der Waals surface area (Å²) in [6, 6.07) is 24.6. The number of nitrogens with one attached hydrogen (secondary N) is 1. The van der Waals surface area contributed by atoms with Crippen LogP contribution in [0.15, 0.2) is 91.5 Å². The van der Waals surface area contributed by atoms with Gasteiger partial charge in [-0.1, -0.05) is 84.9 Å². The zero-order valence-electron chi connectivity index (χ0n) is 20.8. The summed E-state index contributed by atoms with van der Waals surface area (Å²) in [5.41, 5.74) is 5.35. The second kappa shape index (κ2) is 12.0. The van der Waals surface area contributed by atoms with E-state index in [2.05, 4.69) is 24.0 Å². The lowest BCUT2D eigenvalue weighted by atomic mass is 9.98. The van der Waals surface area contributed by atoms with Gasteiger partial charge in [-0.3, -0.25) is 9.69 Å². The maximum atomic E-state index is 13.0. The van der Waals surface area contributed by atoms with Gasteiger partial charge in [0.25, 0.3) is 0 Å². The van der Waals surface area contributed by atoms with Crippen molar-refractivity contribution in [1.29, 1.82) is 0 Å². The number of hydrogen-bond acceptors (Lipinski definition) is 5. The van der Waals surface area contributed by atoms with E-state index in [-0.39, 0.29) is 32.0 Å². The fourth-order valence-corrected chi connectivity index (χ4v) is 4.64. The molecule has 1 N–H and O–H groups in total. The molecule has 1 aliphatic carbocycles. The summed E-state index contributed by atoms with van der Waals surface area (Å²) in [6.07, 6.45) is 1.16. The zero-order valence-corrected chi connectivity index (χ0v) is 20.8. The highest BCUT2D eigenvalue weighted by Crippen LogP contribution is 2.44. The van der Waals surface area contributed by atoms with Crippen LogP contribution in [-0.4, -0.2) is 55.7 Å². The number of fused-ring (bicyclic) bond motifs is 3. The third kappa shape index (κ3) is 6.06. The van der Waals surface area contributed by atoms with Crippen LogP contribution < -0.4 is 5.32 Å². The fraction of sp³-hybridized carbons (Fsp3) is 0.233. The summed E-state index contributed by atoms with van der Waals surface area (Å²) in [5, 5.41) is 2.69. The van der Waals surface area contributed by atoms with Crippen molar-refractivity contribution in [3.05, 3.63) is 108 Å². The van der Waals surface area contributed by atoms with Crippen molar-refractivity contribution < 1.29 is 23.9 Å². The lowest BCUT2D eigenvalue weighted by molar-refractivity contribution is -0.145. The molecule has 3 aromatic rings. The van der Waals surface area contributed by atoms with E-state index in [9.17, 15) is 14.4 Å². The van der Waals surface area contributed by atoms with Crippen molar-refractivity contribution in [3.8, 4) is 11.1 Å². The van der Waals surface area contributed by atoms with E-state index in [1.165, 1.54) is 18.1 Å². The van der Waals surface area contributed by atoms with Gasteiger partial charge in [0.1, 0.15) is 19.2 Å². The highest BCUT2D eigenvalue weighted by Gasteiger charge is 2.30. The maximum Gasteiger partial charge on any atom is 0.410 e. The van der Waals surface area contributed by atoms with Crippen LogP contribution in [-0.2, 0) is 25.5 Å². The molecule has 7 heteroatoms. The molecule has 1 aliphatic rings. The summed E-state index contributed by atoms with van der Waals surface area (Å²) >= 11 is 0. The molecule has 0 aromatic heterocycles. The molecule has 0 spiro atoms. The minimum atomic E-state index is -0.881. The number of carbonyl (C=O) groups is 3. The standard InChI is InChI=1S/C30H30N2O5/c1-3-17-32(19-28(33)31-27(29(34)36-2)18-21-11-5-4-6-12-21)30(35)37-20-26-24-15-9-7-13-22(24)23-14-8-10-16-25(23)26/h3-16,26-27H,1,17-20H2,2H3,(H,31,33)/t27-/m0/s1. The molecule has 1 atom stereocenters. The monoisotopic (exact) mass is 498 g/mol. The van der Waals surface area contributed by atoms with Gasteiger partial charge >= 0.3 is 12.1 Å². The first-order chi connectivity index (χ1) is 18.0. The minimum absolute atomic E-state index is 0.0923. The Labute approximate surface area is 216 Å². The summed E-state index contributed by atoms with van der Waals surface area (Å²) in [4.78, 5) is 39.4. The van der Waals surface area contributed by atoms with E-state index in [1.807, 2.05) is 66.7 Å². The summed E-state index contributed by atoms with van der Waals surface area (Å²) < 4.78 is 10.6. The number of methoxy groups -OCH3 is 1. The SMILES string of the molecule is C=CCN(CC(=O)N[C@@H](Cc1ccccc1)C(=O)OC)C(=O)OCC1c2ccccc2-c2ccccc21. The van der Waals surface area contributed by atoms with Crippen molar-refractivity contribution in [2.45, 2.75) is 18.4 Å². The second-order valence-electron chi connectivity index (χ2n) is 8.81. The first-order valence-electron chi connectivity index (χ1n) is 12.1. The average molecular weight is 499 g/mol. The van der Waals surface area contributed by atoms with Crippen LogP contribution >= 0.6 is 0 Å². The van der Waals surface area contributed by atoms with Crippen molar-refractivity contribution in [3.63, 3.8) is 0 Å². The fourth-order valence-electron chi connectivity index (χ4n) is 4.64. The molecule has 0 saturated carbocycles. The van der Waals surface area contributed by atoms with Crippen LogP contribution in [0.2, 0.25) is 0 Å². The van der Waals surface area contributed by atoms with Gasteiger partial charge in [-0.05, 0) is 27.8 Å². The Morgan fingerprint density at radius 2 is 1.54 bits per heavy atom. The molecular weight excluding hydrogens is 468 g/mol. The van der Waals surface area contributed by atoms with Crippen LogP contribution in [0.1, 0.15) is 22.6 Å². The molecule has 0 fully saturated rings. The maximum absolute atomic E-state index is 13.0. The Hall–Kier alpha value is -4.39. The predicted molar refractivity (Wildman–Crippen MR) is 141 cm³/mol. The van der Waals surface area contributed by atoms with Gasteiger partial charge in [0.2, 0.25) is 5.91 Å². The van der Waals surface area contributed by atoms with Crippen LogP contribution in [0.4, 0.5) is 4.79 Å². The molecule has 0 saturated heterocycles. The normalized spacial score (nSPS) is 12.6. The summed E-state index contributed by atoms with van der Waals surface area (Å²) in [7, 11) is 1.27. The number of hydrogen-bond donors (Lipinski definition) is 1. The molecule has 4 rings (SSSR count). The second-order valence-corrected chi connectivity index (χ2v) is 8.81. The molecule has 3 aromatic carbocycles. The number of ether oxygens (including phenoxy) is 2. The van der Waals surface area contributed by atoms with E-state index in [0.717, 1.165) is 27.8 Å². The summed E-state index contributed by atoms with van der Waals surface area (Å²) in [5.74, 6) is -1.15. The van der Waals surface area contributed by atoms with Crippen LogP contribution in [0.25, 0.3) is 11.1 Å². The smallest absolute Gasteiger partial charge is 0.410 e. The van der Waals surface area contributed by atoms with Gasteiger partial charge in [-0.15, -0.1) is 6.58 Å². The van der Waals surface area contributed by atoms with E-state index in [0.29, 0.717) is 0 Å². The van der Waals surface area contributed by atoms with Crippen molar-refractivity contribution in [1.82, 2.24) is 10.2 Å². The number of esters is 1. The molecule has 0 aliphatic heterocycles. The van der Waals surface area contributed by atoms with Crippen molar-refractivity contribution >= 4 is 18.0 Å². The lowest BCUT2D eigenvalue weighted by Gasteiger charge is -2.23. The van der Waals surface area contributed by atoms with Gasteiger partial charge in [-0.2, -0.15) is 0 Å². The van der Waals surface area contributed by atoms with Crippen LogP contribution in [0.5, 0.6) is 0 Å². The van der Waals surface area contributed by atoms with E-state index < -0.39 is 24.0 Å². The van der Waals surface area contributed by atoms with Gasteiger partial charge < -0.3 is 14.8 Å². The Morgan fingerprint density at radius 1 is 0.946 bits per heavy atom. The largest absolute Gasteiger partial charge is 0.467 e. The molecule has 0 heterocycles.